The number of aliphatic carboxylic acids is 1. The summed E-state index contributed by atoms with van der Waals surface area (Å²) in [5.41, 5.74) is -0.584. The Bertz CT molecular complexity index is 452. The van der Waals surface area contributed by atoms with Gasteiger partial charge in [-0.15, -0.1) is 0 Å². The Kier molecular flexibility index (Phi) is 7.66. The normalized spacial score (nSPS) is 18.5. The zero-order valence-corrected chi connectivity index (χ0v) is 15.1. The van der Waals surface area contributed by atoms with Gasteiger partial charge in [0.05, 0.1) is 12.6 Å². The van der Waals surface area contributed by atoms with E-state index in [2.05, 4.69) is 10.6 Å². The van der Waals surface area contributed by atoms with Gasteiger partial charge in [0.2, 0.25) is 5.91 Å². The Hall–Kier alpha value is -1.63. The second-order valence-corrected chi connectivity index (χ2v) is 7.41. The molecule has 1 fully saturated rings. The number of esters is 1. The first-order valence-corrected chi connectivity index (χ1v) is 8.58. The number of hydrogen-bond acceptors (Lipinski definition) is 5. The molecule has 1 saturated carbocycles. The largest absolute Gasteiger partial charge is 0.480 e. The molecule has 138 valence electrons. The van der Waals surface area contributed by atoms with Crippen LogP contribution in [0.25, 0.3) is 0 Å². The Balaban J connectivity index is 2.48. The van der Waals surface area contributed by atoms with E-state index in [-0.39, 0.29) is 12.5 Å². The summed E-state index contributed by atoms with van der Waals surface area (Å²) in [5.74, 6) is -1.91. The molecule has 0 aromatic heterocycles. The van der Waals surface area contributed by atoms with Crippen LogP contribution >= 0.6 is 0 Å². The zero-order chi connectivity index (χ0) is 18.3. The van der Waals surface area contributed by atoms with Crippen molar-refractivity contribution in [1.82, 2.24) is 10.6 Å². The molecule has 0 aromatic rings. The number of amides is 1. The molecule has 7 heteroatoms. The van der Waals surface area contributed by atoms with Gasteiger partial charge in [-0.2, -0.15) is 0 Å². The van der Waals surface area contributed by atoms with Crippen molar-refractivity contribution >= 4 is 17.8 Å². The number of ether oxygens (including phenoxy) is 1. The molecule has 1 rings (SSSR count). The molecule has 0 heterocycles. The van der Waals surface area contributed by atoms with Crippen LogP contribution in [0.4, 0.5) is 0 Å². The van der Waals surface area contributed by atoms with Crippen molar-refractivity contribution in [2.45, 2.75) is 77.5 Å². The highest BCUT2D eigenvalue weighted by atomic mass is 16.6. The van der Waals surface area contributed by atoms with Crippen LogP contribution in [0.1, 0.15) is 59.8 Å². The molecule has 0 saturated heterocycles. The van der Waals surface area contributed by atoms with Crippen molar-refractivity contribution in [3.63, 3.8) is 0 Å². The molecule has 0 aromatic carbocycles. The van der Waals surface area contributed by atoms with Crippen molar-refractivity contribution < 1.29 is 24.2 Å². The molecule has 2 atom stereocenters. The van der Waals surface area contributed by atoms with E-state index in [0.717, 1.165) is 32.1 Å². The van der Waals surface area contributed by atoms with Crippen LogP contribution in [0.15, 0.2) is 0 Å². The van der Waals surface area contributed by atoms with Gasteiger partial charge in [0.25, 0.3) is 0 Å². The van der Waals surface area contributed by atoms with Gasteiger partial charge in [0.1, 0.15) is 11.6 Å². The van der Waals surface area contributed by atoms with Crippen LogP contribution in [0.3, 0.4) is 0 Å². The quantitative estimate of drug-likeness (QED) is 0.605. The first-order chi connectivity index (χ1) is 11.1. The SMILES string of the molecule is C[C@H](NCC(=O)OC(C)(C)C)C(=O)N[C@H](C(=O)O)C1CCCCC1. The average molecular weight is 342 g/mol. The van der Waals surface area contributed by atoms with Crippen LogP contribution in [-0.2, 0) is 19.1 Å². The predicted molar refractivity (Wildman–Crippen MR) is 89.5 cm³/mol. The van der Waals surface area contributed by atoms with Crippen LogP contribution in [0.5, 0.6) is 0 Å². The molecule has 0 spiro atoms. The fraction of sp³-hybridized carbons (Fsp3) is 0.824. The fourth-order valence-corrected chi connectivity index (χ4v) is 2.83. The predicted octanol–water partition coefficient (Wildman–Crippen LogP) is 1.46. The molecule has 3 N–H and O–H groups in total. The molecule has 1 amide bonds. The highest BCUT2D eigenvalue weighted by Gasteiger charge is 2.31. The summed E-state index contributed by atoms with van der Waals surface area (Å²) in [4.78, 5) is 35.3. The molecule has 0 radical (unpaired) electrons. The van der Waals surface area contributed by atoms with E-state index < -0.39 is 35.5 Å². The number of carboxylic acid groups (broad SMARTS) is 1. The van der Waals surface area contributed by atoms with Gasteiger partial charge < -0.3 is 15.2 Å². The molecule has 0 unspecified atom stereocenters. The second-order valence-electron chi connectivity index (χ2n) is 7.41. The van der Waals surface area contributed by atoms with E-state index in [4.69, 9.17) is 4.74 Å². The summed E-state index contributed by atoms with van der Waals surface area (Å²) in [6, 6.07) is -1.55. The Morgan fingerprint density at radius 2 is 1.75 bits per heavy atom. The molecule has 0 aliphatic heterocycles. The van der Waals surface area contributed by atoms with Gasteiger partial charge >= 0.3 is 11.9 Å². The van der Waals surface area contributed by atoms with Gasteiger partial charge in [0, 0.05) is 0 Å². The molecule has 0 bridgehead atoms. The summed E-state index contributed by atoms with van der Waals surface area (Å²) in [6.45, 7) is 6.79. The molecule has 24 heavy (non-hydrogen) atoms. The lowest BCUT2D eigenvalue weighted by Gasteiger charge is -2.29. The van der Waals surface area contributed by atoms with E-state index in [9.17, 15) is 19.5 Å². The smallest absolute Gasteiger partial charge is 0.326 e. The van der Waals surface area contributed by atoms with Crippen LogP contribution < -0.4 is 10.6 Å². The maximum atomic E-state index is 12.2. The fourth-order valence-electron chi connectivity index (χ4n) is 2.83. The standard InChI is InChI=1S/C17H30N2O5/c1-11(18-10-13(20)24-17(2,3)4)15(21)19-14(16(22)23)12-8-6-5-7-9-12/h11-12,14,18H,5-10H2,1-4H3,(H,19,21)(H,22,23)/t11-,14-/m0/s1. The molecular weight excluding hydrogens is 312 g/mol. The second kappa shape index (κ2) is 9.01. The highest BCUT2D eigenvalue weighted by molar-refractivity contribution is 5.87. The van der Waals surface area contributed by atoms with Crippen molar-refractivity contribution in [1.29, 1.82) is 0 Å². The number of rotatable bonds is 7. The molecule has 1 aliphatic carbocycles. The lowest BCUT2D eigenvalue weighted by Crippen LogP contribution is -2.53. The number of hydrogen-bond donors (Lipinski definition) is 3. The first kappa shape index (κ1) is 20.4. The summed E-state index contributed by atoms with van der Waals surface area (Å²) < 4.78 is 5.16. The molecule has 7 nitrogen and oxygen atoms in total. The lowest BCUT2D eigenvalue weighted by atomic mass is 9.84. The summed E-state index contributed by atoms with van der Waals surface area (Å²) >= 11 is 0. The average Bonchev–Trinajstić information content (AvgIpc) is 2.48. The Morgan fingerprint density at radius 1 is 1.17 bits per heavy atom. The van der Waals surface area contributed by atoms with Gasteiger partial charge in [-0.3, -0.25) is 14.9 Å². The summed E-state index contributed by atoms with van der Waals surface area (Å²) in [7, 11) is 0. The molecular formula is C17H30N2O5. The van der Waals surface area contributed by atoms with Crippen molar-refractivity contribution in [3.05, 3.63) is 0 Å². The van der Waals surface area contributed by atoms with Crippen LogP contribution in [0, 0.1) is 5.92 Å². The third kappa shape index (κ3) is 7.29. The summed E-state index contributed by atoms with van der Waals surface area (Å²) in [5, 5.41) is 14.8. The van der Waals surface area contributed by atoms with Gasteiger partial charge in [-0.1, -0.05) is 19.3 Å². The van der Waals surface area contributed by atoms with E-state index in [0.29, 0.717) is 0 Å². The van der Waals surface area contributed by atoms with Crippen LogP contribution in [-0.4, -0.2) is 47.2 Å². The zero-order valence-electron chi connectivity index (χ0n) is 15.1. The minimum Gasteiger partial charge on any atom is -0.480 e. The molecule has 1 aliphatic rings. The van der Waals surface area contributed by atoms with E-state index in [1.54, 1.807) is 27.7 Å². The minimum absolute atomic E-state index is 0.0294. The van der Waals surface area contributed by atoms with E-state index >= 15 is 0 Å². The van der Waals surface area contributed by atoms with Gasteiger partial charge in [-0.25, -0.2) is 4.79 Å². The van der Waals surface area contributed by atoms with Crippen molar-refractivity contribution in [2.24, 2.45) is 5.92 Å². The van der Waals surface area contributed by atoms with Crippen molar-refractivity contribution in [3.8, 4) is 0 Å². The lowest BCUT2D eigenvalue weighted by molar-refractivity contribution is -0.154. The maximum Gasteiger partial charge on any atom is 0.326 e. The number of carboxylic acids is 1. The van der Waals surface area contributed by atoms with Crippen LogP contribution in [0.2, 0.25) is 0 Å². The maximum absolute atomic E-state index is 12.2. The Morgan fingerprint density at radius 3 is 2.25 bits per heavy atom. The number of nitrogens with one attached hydrogen (secondary N) is 2. The van der Waals surface area contributed by atoms with E-state index in [1.165, 1.54) is 0 Å². The minimum atomic E-state index is -1.01. The number of carbonyl (C=O) groups excluding carboxylic acids is 2. The highest BCUT2D eigenvalue weighted by Crippen LogP contribution is 2.26. The van der Waals surface area contributed by atoms with E-state index in [1.807, 2.05) is 0 Å². The van der Waals surface area contributed by atoms with Gasteiger partial charge in [-0.05, 0) is 46.5 Å². The number of carbonyl (C=O) groups is 3. The summed E-state index contributed by atoms with van der Waals surface area (Å²) in [6.07, 6.45) is 4.74. The third-order valence-electron chi connectivity index (χ3n) is 4.05. The van der Waals surface area contributed by atoms with Crippen molar-refractivity contribution in [2.75, 3.05) is 6.54 Å². The monoisotopic (exact) mass is 342 g/mol. The third-order valence-corrected chi connectivity index (χ3v) is 4.05. The first-order valence-electron chi connectivity index (χ1n) is 8.58. The Labute approximate surface area is 143 Å². The van der Waals surface area contributed by atoms with Gasteiger partial charge in [0.15, 0.2) is 0 Å². The topological polar surface area (TPSA) is 105 Å².